The Kier molecular flexibility index (Phi) is 6.40. The fourth-order valence-electron chi connectivity index (χ4n) is 2.10. The third-order valence-corrected chi connectivity index (χ3v) is 5.41. The molecule has 0 radical (unpaired) electrons. The van der Waals surface area contributed by atoms with Crippen molar-refractivity contribution in [1.82, 2.24) is 10.2 Å². The normalized spacial score (nSPS) is 10.8. The van der Waals surface area contributed by atoms with Crippen LogP contribution in [0, 0.1) is 0 Å². The van der Waals surface area contributed by atoms with E-state index in [2.05, 4.69) is 27.6 Å². The van der Waals surface area contributed by atoms with Crippen LogP contribution in [-0.2, 0) is 10.5 Å². The van der Waals surface area contributed by atoms with Gasteiger partial charge in [0.2, 0.25) is 11.0 Å². The minimum absolute atomic E-state index is 0.247. The first-order valence-corrected chi connectivity index (χ1v) is 9.66. The van der Waals surface area contributed by atoms with E-state index in [0.717, 1.165) is 21.4 Å². The van der Waals surface area contributed by atoms with Gasteiger partial charge in [-0.3, -0.25) is 10.1 Å². The highest BCUT2D eigenvalue weighted by atomic mass is 32.2. The summed E-state index contributed by atoms with van der Waals surface area (Å²) in [5.74, 6) is 1.32. The van der Waals surface area contributed by atoms with E-state index in [4.69, 9.17) is 4.74 Å². The van der Waals surface area contributed by atoms with Gasteiger partial charge < -0.3 is 4.74 Å². The number of nitrogens with zero attached hydrogens (tertiary/aromatic N) is 2. The molecule has 3 rings (SSSR count). The number of hydrogen-bond acceptors (Lipinski definition) is 6. The summed E-state index contributed by atoms with van der Waals surface area (Å²) in [7, 11) is 1.61. The van der Waals surface area contributed by atoms with Crippen molar-refractivity contribution in [2.75, 3.05) is 12.4 Å². The lowest BCUT2D eigenvalue weighted by molar-refractivity contribution is -0.111. The number of thioether (sulfide) groups is 1. The Morgan fingerprint density at radius 1 is 1.19 bits per heavy atom. The summed E-state index contributed by atoms with van der Waals surface area (Å²) in [6, 6.07) is 17.6. The Morgan fingerprint density at radius 3 is 2.85 bits per heavy atom. The van der Waals surface area contributed by atoms with Crippen molar-refractivity contribution in [2.24, 2.45) is 0 Å². The van der Waals surface area contributed by atoms with E-state index in [1.807, 2.05) is 42.5 Å². The highest BCUT2D eigenvalue weighted by molar-refractivity contribution is 8.00. The number of carbonyl (C=O) groups excluding carboxylic acids is 1. The van der Waals surface area contributed by atoms with Gasteiger partial charge in [0, 0.05) is 11.8 Å². The highest BCUT2D eigenvalue weighted by Crippen LogP contribution is 2.28. The third kappa shape index (κ3) is 5.44. The van der Waals surface area contributed by atoms with Gasteiger partial charge in [-0.05, 0) is 29.3 Å². The zero-order valence-electron chi connectivity index (χ0n) is 14.1. The average molecular weight is 383 g/mol. The predicted octanol–water partition coefficient (Wildman–Crippen LogP) is 4.49. The van der Waals surface area contributed by atoms with E-state index in [0.29, 0.717) is 5.13 Å². The molecule has 2 aromatic carbocycles. The lowest BCUT2D eigenvalue weighted by atomic mass is 10.2. The van der Waals surface area contributed by atoms with Gasteiger partial charge in [0.25, 0.3) is 0 Å². The van der Waals surface area contributed by atoms with Gasteiger partial charge in [-0.1, -0.05) is 65.6 Å². The maximum absolute atomic E-state index is 12.0. The van der Waals surface area contributed by atoms with Crippen LogP contribution in [0.25, 0.3) is 6.08 Å². The Bertz CT molecular complexity index is 895. The van der Waals surface area contributed by atoms with Gasteiger partial charge in [-0.25, -0.2) is 0 Å². The maximum atomic E-state index is 12.0. The van der Waals surface area contributed by atoms with Crippen LogP contribution in [0.2, 0.25) is 0 Å². The van der Waals surface area contributed by atoms with Crippen LogP contribution >= 0.6 is 23.1 Å². The smallest absolute Gasteiger partial charge is 0.250 e. The number of hydrogen-bond donors (Lipinski definition) is 1. The second-order valence-electron chi connectivity index (χ2n) is 5.25. The van der Waals surface area contributed by atoms with E-state index in [1.165, 1.54) is 23.0 Å². The molecule has 1 heterocycles. The molecule has 7 heteroatoms. The van der Waals surface area contributed by atoms with Gasteiger partial charge in [0.15, 0.2) is 4.34 Å². The van der Waals surface area contributed by atoms with Crippen molar-refractivity contribution in [1.29, 1.82) is 0 Å². The molecule has 132 valence electrons. The minimum atomic E-state index is -0.247. The fourth-order valence-corrected chi connectivity index (χ4v) is 3.81. The first kappa shape index (κ1) is 18.2. The molecular formula is C19H17N3O2S2. The van der Waals surface area contributed by atoms with Gasteiger partial charge in [-0.2, -0.15) is 0 Å². The number of benzene rings is 2. The van der Waals surface area contributed by atoms with Gasteiger partial charge in [0.05, 0.1) is 7.11 Å². The molecular weight excluding hydrogens is 366 g/mol. The molecule has 1 N–H and O–H groups in total. The Morgan fingerprint density at radius 2 is 2.04 bits per heavy atom. The highest BCUT2D eigenvalue weighted by Gasteiger charge is 2.07. The van der Waals surface area contributed by atoms with Crippen molar-refractivity contribution in [3.05, 3.63) is 71.8 Å². The summed E-state index contributed by atoms with van der Waals surface area (Å²) in [4.78, 5) is 12.0. The summed E-state index contributed by atoms with van der Waals surface area (Å²) in [6.07, 6.45) is 3.19. The van der Waals surface area contributed by atoms with Crippen molar-refractivity contribution in [3.8, 4) is 5.75 Å². The molecule has 0 saturated carbocycles. The Hall–Kier alpha value is -2.64. The third-order valence-electron chi connectivity index (χ3n) is 3.36. The second kappa shape index (κ2) is 9.17. The van der Waals surface area contributed by atoms with Crippen LogP contribution in [-0.4, -0.2) is 23.2 Å². The van der Waals surface area contributed by atoms with E-state index in [-0.39, 0.29) is 5.91 Å². The monoisotopic (exact) mass is 383 g/mol. The van der Waals surface area contributed by atoms with Crippen LogP contribution in [0.5, 0.6) is 5.75 Å². The molecule has 0 fully saturated rings. The van der Waals surface area contributed by atoms with E-state index < -0.39 is 0 Å². The summed E-state index contributed by atoms with van der Waals surface area (Å²) < 4.78 is 5.98. The van der Waals surface area contributed by atoms with E-state index in [1.54, 1.807) is 24.9 Å². The van der Waals surface area contributed by atoms with Gasteiger partial charge in [-0.15, -0.1) is 10.2 Å². The largest absolute Gasteiger partial charge is 0.497 e. The standard InChI is InChI=1S/C19H17N3O2S2/c1-24-16-9-5-8-14(12-16)10-11-17(23)20-18-21-22-19(26-18)25-13-15-6-3-2-4-7-15/h2-12H,13H2,1H3,(H,20,21,23)/b11-10+. The molecule has 26 heavy (non-hydrogen) atoms. The summed E-state index contributed by atoms with van der Waals surface area (Å²) in [5.41, 5.74) is 2.11. The Balaban J connectivity index is 1.53. The Labute approximate surface area is 160 Å². The molecule has 0 saturated heterocycles. The van der Waals surface area contributed by atoms with Crippen molar-refractivity contribution < 1.29 is 9.53 Å². The number of aromatic nitrogens is 2. The molecule has 0 aliphatic heterocycles. The van der Waals surface area contributed by atoms with Crippen molar-refractivity contribution in [3.63, 3.8) is 0 Å². The van der Waals surface area contributed by atoms with Crippen LogP contribution in [0.4, 0.5) is 5.13 Å². The molecule has 0 bridgehead atoms. The number of nitrogens with one attached hydrogen (secondary N) is 1. The SMILES string of the molecule is COc1cccc(/C=C/C(=O)Nc2nnc(SCc3ccccc3)s2)c1. The molecule has 0 spiro atoms. The zero-order chi connectivity index (χ0) is 18.2. The average Bonchev–Trinajstić information content (AvgIpc) is 3.13. The summed E-state index contributed by atoms with van der Waals surface area (Å²) in [6.45, 7) is 0. The molecule has 5 nitrogen and oxygen atoms in total. The summed E-state index contributed by atoms with van der Waals surface area (Å²) >= 11 is 2.96. The molecule has 1 amide bonds. The maximum Gasteiger partial charge on any atom is 0.250 e. The van der Waals surface area contributed by atoms with Crippen molar-refractivity contribution in [2.45, 2.75) is 10.1 Å². The van der Waals surface area contributed by atoms with Crippen LogP contribution < -0.4 is 10.1 Å². The quantitative estimate of drug-likeness (QED) is 0.370. The van der Waals surface area contributed by atoms with Gasteiger partial charge in [0.1, 0.15) is 5.75 Å². The van der Waals surface area contributed by atoms with Crippen LogP contribution in [0.1, 0.15) is 11.1 Å². The van der Waals surface area contributed by atoms with E-state index >= 15 is 0 Å². The fraction of sp³-hybridized carbons (Fsp3) is 0.105. The van der Waals surface area contributed by atoms with Crippen LogP contribution in [0.3, 0.4) is 0 Å². The van der Waals surface area contributed by atoms with Crippen molar-refractivity contribution >= 4 is 40.2 Å². The second-order valence-corrected chi connectivity index (χ2v) is 7.45. The first-order chi connectivity index (χ1) is 12.7. The number of rotatable bonds is 7. The first-order valence-electron chi connectivity index (χ1n) is 7.86. The predicted molar refractivity (Wildman–Crippen MR) is 107 cm³/mol. The topological polar surface area (TPSA) is 64.1 Å². The molecule has 0 aliphatic rings. The molecule has 0 unspecified atom stereocenters. The number of amides is 1. The van der Waals surface area contributed by atoms with Crippen LogP contribution in [0.15, 0.2) is 65.0 Å². The lowest BCUT2D eigenvalue weighted by Gasteiger charge is -2.00. The molecule has 1 aromatic heterocycles. The summed E-state index contributed by atoms with van der Waals surface area (Å²) in [5, 5.41) is 11.3. The number of carbonyl (C=O) groups is 1. The molecule has 0 aliphatic carbocycles. The van der Waals surface area contributed by atoms with Gasteiger partial charge >= 0.3 is 0 Å². The van der Waals surface area contributed by atoms with E-state index in [9.17, 15) is 4.79 Å². The number of ether oxygens (including phenoxy) is 1. The number of anilines is 1. The number of methoxy groups -OCH3 is 1. The zero-order valence-corrected chi connectivity index (χ0v) is 15.7. The lowest BCUT2D eigenvalue weighted by Crippen LogP contribution is -2.07. The molecule has 3 aromatic rings. The molecule has 0 atom stereocenters. The minimum Gasteiger partial charge on any atom is -0.497 e.